The summed E-state index contributed by atoms with van der Waals surface area (Å²) in [7, 11) is 4.74. The molecule has 1 saturated carbocycles. The number of hydrogen-bond donors (Lipinski definition) is 0. The van der Waals surface area contributed by atoms with E-state index in [9.17, 15) is 0 Å². The first-order valence-corrected chi connectivity index (χ1v) is 8.05. The fourth-order valence-electron chi connectivity index (χ4n) is 3.67. The summed E-state index contributed by atoms with van der Waals surface area (Å²) in [5.74, 6) is 0.736. The summed E-state index contributed by atoms with van der Waals surface area (Å²) in [6.45, 7) is 0. The van der Waals surface area contributed by atoms with Crippen LogP contribution in [-0.2, 0) is 5.21 Å². The summed E-state index contributed by atoms with van der Waals surface area (Å²) in [6, 6.07) is 10.5. The Bertz CT molecular complexity index is 593. The van der Waals surface area contributed by atoms with Gasteiger partial charge in [-0.05, 0) is 11.5 Å². The first-order chi connectivity index (χ1) is 10.2. The van der Waals surface area contributed by atoms with Crippen molar-refractivity contribution in [2.45, 2.75) is 37.3 Å². The largest absolute Gasteiger partial charge is 0.245 e. The number of benzene rings is 1. The number of nitrogens with zero attached hydrogens (tertiary/aromatic N) is 2. The van der Waals surface area contributed by atoms with Gasteiger partial charge >= 0.3 is 0 Å². The Hall–Kier alpha value is -1.57. The van der Waals surface area contributed by atoms with Crippen LogP contribution in [0.2, 0.25) is 0 Å². The second-order valence-electron chi connectivity index (χ2n) is 6.71. The third-order valence-electron chi connectivity index (χ3n) is 5.08. The molecule has 0 bridgehead atoms. The van der Waals surface area contributed by atoms with Crippen molar-refractivity contribution in [3.63, 3.8) is 0 Å². The van der Waals surface area contributed by atoms with Crippen molar-refractivity contribution in [3.8, 4) is 11.3 Å². The molecule has 2 aromatic rings. The Morgan fingerprint density at radius 3 is 2.43 bits per heavy atom. The first-order valence-electron chi connectivity index (χ1n) is 8.05. The maximum atomic E-state index is 4.60. The molecule has 3 rings (SSSR count). The van der Waals surface area contributed by atoms with Crippen LogP contribution >= 0.6 is 0 Å². The lowest BCUT2D eigenvalue weighted by molar-refractivity contribution is 0.326. The van der Waals surface area contributed by atoms with Crippen LogP contribution in [0.5, 0.6) is 0 Å². The van der Waals surface area contributed by atoms with Gasteiger partial charge in [0, 0.05) is 11.8 Å². The molecule has 1 aliphatic rings. The molecular weight excluding hydrogens is 254 g/mol. The average Bonchev–Trinajstić information content (AvgIpc) is 2.56. The maximum absolute atomic E-state index is 4.60. The van der Waals surface area contributed by atoms with E-state index in [2.05, 4.69) is 56.0 Å². The molecule has 0 aliphatic heterocycles. The highest BCUT2D eigenvalue weighted by Gasteiger charge is 2.34. The van der Waals surface area contributed by atoms with Crippen LogP contribution in [0.25, 0.3) is 11.3 Å². The molecule has 1 aromatic carbocycles. The third-order valence-corrected chi connectivity index (χ3v) is 5.08. The van der Waals surface area contributed by atoms with E-state index in [1.807, 2.05) is 6.20 Å². The van der Waals surface area contributed by atoms with Gasteiger partial charge in [0.15, 0.2) is 0 Å². The second-order valence-corrected chi connectivity index (χ2v) is 6.71. The molecule has 0 N–H and O–H groups in total. The monoisotopic (exact) mass is 276 g/mol. The zero-order chi connectivity index (χ0) is 14.7. The normalized spacial score (nSPS) is 16.8. The zero-order valence-electron chi connectivity index (χ0n) is 13.0. The summed E-state index contributed by atoms with van der Waals surface area (Å²) in [6.07, 6.45) is 10.5. The Morgan fingerprint density at radius 2 is 1.71 bits per heavy atom. The molecular formula is C17H22B2N2. The van der Waals surface area contributed by atoms with Crippen molar-refractivity contribution in [1.82, 2.24) is 9.97 Å². The summed E-state index contributed by atoms with van der Waals surface area (Å²) < 4.78 is 0. The van der Waals surface area contributed by atoms with Crippen LogP contribution in [-0.4, -0.2) is 25.7 Å². The average molecular weight is 276 g/mol. The molecule has 21 heavy (non-hydrogen) atoms. The molecule has 0 saturated heterocycles. The second kappa shape index (κ2) is 6.05. The molecule has 4 heteroatoms. The van der Waals surface area contributed by atoms with Crippen molar-refractivity contribution < 1.29 is 0 Å². The standard InChI is InChI=1S/C17H22B2N2/c18-17(19,14-9-5-2-6-10-14)15-11-20-12-21-16(15)13-7-3-1-4-8-13/h1,3-4,7-8,11-12,14H,2,5-6,9-10,18-19H2. The minimum Gasteiger partial charge on any atom is -0.245 e. The van der Waals surface area contributed by atoms with Crippen molar-refractivity contribution in [2.75, 3.05) is 0 Å². The van der Waals surface area contributed by atoms with Gasteiger partial charge < -0.3 is 0 Å². The van der Waals surface area contributed by atoms with Crippen LogP contribution in [0, 0.1) is 5.92 Å². The lowest BCUT2D eigenvalue weighted by atomic mass is 9.43. The molecule has 1 aliphatic carbocycles. The van der Waals surface area contributed by atoms with E-state index in [4.69, 9.17) is 0 Å². The fourth-order valence-corrected chi connectivity index (χ4v) is 3.67. The van der Waals surface area contributed by atoms with E-state index in [0.29, 0.717) is 0 Å². The molecule has 1 heterocycles. The maximum Gasteiger partial charge on any atom is 0.116 e. The van der Waals surface area contributed by atoms with Gasteiger partial charge in [0.25, 0.3) is 0 Å². The fraction of sp³-hybridized carbons (Fsp3) is 0.412. The van der Waals surface area contributed by atoms with E-state index in [1.165, 1.54) is 43.2 Å². The van der Waals surface area contributed by atoms with Crippen LogP contribution in [0.3, 0.4) is 0 Å². The summed E-state index contributed by atoms with van der Waals surface area (Å²) in [5.41, 5.74) is 3.59. The lowest BCUT2D eigenvalue weighted by Crippen LogP contribution is -2.38. The minimum atomic E-state index is 0.132. The van der Waals surface area contributed by atoms with Crippen LogP contribution < -0.4 is 0 Å². The highest BCUT2D eigenvalue weighted by molar-refractivity contribution is 6.40. The molecule has 1 fully saturated rings. The van der Waals surface area contributed by atoms with E-state index in [0.717, 1.165) is 11.6 Å². The number of hydrogen-bond acceptors (Lipinski definition) is 2. The summed E-state index contributed by atoms with van der Waals surface area (Å²) in [4.78, 5) is 8.92. The minimum absolute atomic E-state index is 0.132. The molecule has 106 valence electrons. The topological polar surface area (TPSA) is 25.8 Å². The molecule has 1 aromatic heterocycles. The Kier molecular flexibility index (Phi) is 4.14. The highest BCUT2D eigenvalue weighted by atomic mass is 14.8. The lowest BCUT2D eigenvalue weighted by Gasteiger charge is -2.38. The number of rotatable bonds is 3. The zero-order valence-corrected chi connectivity index (χ0v) is 13.0. The van der Waals surface area contributed by atoms with E-state index in [1.54, 1.807) is 6.33 Å². The molecule has 0 unspecified atom stereocenters. The SMILES string of the molecule is BC(B)(c1cncnc1-c1ccccc1)C1CCCCC1. The predicted octanol–water partition coefficient (Wildman–Crippen LogP) is 2.14. The predicted molar refractivity (Wildman–Crippen MR) is 92.8 cm³/mol. The van der Waals surface area contributed by atoms with Gasteiger partial charge in [-0.1, -0.05) is 67.6 Å². The van der Waals surface area contributed by atoms with Crippen LogP contribution in [0.1, 0.15) is 37.7 Å². The molecule has 0 radical (unpaired) electrons. The number of aromatic nitrogens is 2. The first kappa shape index (κ1) is 14.4. The molecule has 0 atom stereocenters. The van der Waals surface area contributed by atoms with Gasteiger partial charge in [-0.2, -0.15) is 0 Å². The van der Waals surface area contributed by atoms with Gasteiger partial charge in [-0.3, -0.25) is 0 Å². The Balaban J connectivity index is 2.02. The van der Waals surface area contributed by atoms with Crippen molar-refractivity contribution in [2.24, 2.45) is 5.92 Å². The van der Waals surface area contributed by atoms with Gasteiger partial charge in [-0.15, -0.1) is 0 Å². The van der Waals surface area contributed by atoms with Gasteiger partial charge in [0.05, 0.1) is 5.69 Å². The molecule has 0 spiro atoms. The summed E-state index contributed by atoms with van der Waals surface area (Å²) in [5, 5.41) is 0.132. The van der Waals surface area contributed by atoms with Gasteiger partial charge in [0.2, 0.25) is 0 Å². The van der Waals surface area contributed by atoms with Crippen molar-refractivity contribution in [1.29, 1.82) is 0 Å². The third kappa shape index (κ3) is 2.90. The smallest absolute Gasteiger partial charge is 0.116 e. The Labute approximate surface area is 129 Å². The molecule has 0 amide bonds. The van der Waals surface area contributed by atoms with E-state index in [-0.39, 0.29) is 5.21 Å². The van der Waals surface area contributed by atoms with Gasteiger partial charge in [0.1, 0.15) is 22.0 Å². The van der Waals surface area contributed by atoms with Crippen molar-refractivity contribution >= 4 is 15.7 Å². The molecule has 2 nitrogen and oxygen atoms in total. The Morgan fingerprint density at radius 1 is 1.00 bits per heavy atom. The quantitative estimate of drug-likeness (QED) is 0.803. The van der Waals surface area contributed by atoms with Crippen LogP contribution in [0.4, 0.5) is 0 Å². The van der Waals surface area contributed by atoms with E-state index >= 15 is 0 Å². The van der Waals surface area contributed by atoms with E-state index < -0.39 is 0 Å². The van der Waals surface area contributed by atoms with Gasteiger partial charge in [-0.25, -0.2) is 9.97 Å². The highest BCUT2D eigenvalue weighted by Crippen LogP contribution is 2.39. The van der Waals surface area contributed by atoms with Crippen molar-refractivity contribution in [3.05, 3.63) is 48.4 Å². The van der Waals surface area contributed by atoms with Crippen LogP contribution in [0.15, 0.2) is 42.9 Å². The summed E-state index contributed by atoms with van der Waals surface area (Å²) >= 11 is 0.